The van der Waals surface area contributed by atoms with Crippen molar-refractivity contribution in [1.82, 2.24) is 0 Å². The Bertz CT molecular complexity index is 356. The molecule has 16 heavy (non-hydrogen) atoms. The Hall–Kier alpha value is -1.30. The normalized spacial score (nSPS) is 17.2. The van der Waals surface area contributed by atoms with E-state index in [0.717, 1.165) is 12.8 Å². The van der Waals surface area contributed by atoms with Gasteiger partial charge in [0.15, 0.2) is 0 Å². The number of rotatable bonds is 0. The molecule has 84 valence electrons. The fourth-order valence-electron chi connectivity index (χ4n) is 1.61. The summed E-state index contributed by atoms with van der Waals surface area (Å²) in [6, 6.07) is 8.34. The van der Waals surface area contributed by atoms with E-state index in [1.54, 1.807) is 0 Å². The first-order valence-electron chi connectivity index (χ1n) is 5.64. The van der Waals surface area contributed by atoms with E-state index in [2.05, 4.69) is 30.0 Å². The zero-order chi connectivity index (χ0) is 11.1. The third kappa shape index (κ3) is 3.69. The van der Waals surface area contributed by atoms with E-state index in [9.17, 15) is 0 Å². The molecule has 2 rings (SSSR count). The van der Waals surface area contributed by atoms with Crippen molar-refractivity contribution < 1.29 is 9.47 Å². The molecule has 0 saturated heterocycles. The average molecular weight is 216 g/mol. The van der Waals surface area contributed by atoms with Crippen LogP contribution in [0.5, 0.6) is 0 Å². The van der Waals surface area contributed by atoms with Gasteiger partial charge in [-0.15, -0.1) is 11.8 Å². The second kappa shape index (κ2) is 6.32. The zero-order valence-electron chi connectivity index (χ0n) is 9.37. The maximum Gasteiger partial charge on any atom is 0.0717 e. The number of hydrogen-bond acceptors (Lipinski definition) is 2. The van der Waals surface area contributed by atoms with Gasteiger partial charge in [0.05, 0.1) is 26.4 Å². The molecule has 0 spiro atoms. The van der Waals surface area contributed by atoms with Gasteiger partial charge in [-0.3, -0.25) is 0 Å². The van der Waals surface area contributed by atoms with Crippen LogP contribution in [-0.2, 0) is 22.7 Å². The minimum absolute atomic E-state index is 0.662. The lowest BCUT2D eigenvalue weighted by molar-refractivity contribution is 0.124. The highest BCUT2D eigenvalue weighted by Gasteiger charge is 1.97. The zero-order valence-corrected chi connectivity index (χ0v) is 9.37. The van der Waals surface area contributed by atoms with Crippen LogP contribution < -0.4 is 0 Å². The predicted octanol–water partition coefficient (Wildman–Crippen LogP) is 2.52. The van der Waals surface area contributed by atoms with Crippen molar-refractivity contribution in [3.63, 3.8) is 0 Å². The molecule has 1 aromatic carbocycles. The summed E-state index contributed by atoms with van der Waals surface area (Å²) in [4.78, 5) is 0. The number of benzene rings is 1. The van der Waals surface area contributed by atoms with E-state index in [4.69, 9.17) is 9.47 Å². The van der Waals surface area contributed by atoms with Crippen LogP contribution in [0.4, 0.5) is 0 Å². The minimum Gasteiger partial charge on any atom is -0.376 e. The van der Waals surface area contributed by atoms with Crippen LogP contribution in [0.2, 0.25) is 0 Å². The molecule has 0 fully saturated rings. The Kier molecular flexibility index (Phi) is 4.42. The van der Waals surface area contributed by atoms with E-state index in [-0.39, 0.29) is 0 Å². The third-order valence-electron chi connectivity index (χ3n) is 2.40. The standard InChI is InChI=1S/C14H16O2/c1-2-4-9-16-12-14-7-5-6-13(10-14)11-15-8-3-1/h5-7,10H,3-4,8-9,11-12H2. The molecule has 2 heteroatoms. The SMILES string of the molecule is C1#CCCOCc2cccc(c2)COCC1. The highest BCUT2D eigenvalue weighted by atomic mass is 16.5. The Morgan fingerprint density at radius 1 is 0.875 bits per heavy atom. The van der Waals surface area contributed by atoms with Gasteiger partial charge in [0.25, 0.3) is 0 Å². The van der Waals surface area contributed by atoms with Gasteiger partial charge < -0.3 is 9.47 Å². The van der Waals surface area contributed by atoms with Crippen molar-refractivity contribution in [3.8, 4) is 11.8 Å². The van der Waals surface area contributed by atoms with Gasteiger partial charge >= 0.3 is 0 Å². The fraction of sp³-hybridized carbons (Fsp3) is 0.429. The van der Waals surface area contributed by atoms with Crippen LogP contribution >= 0.6 is 0 Å². The molecule has 1 heterocycles. The van der Waals surface area contributed by atoms with E-state index >= 15 is 0 Å². The van der Waals surface area contributed by atoms with Crippen molar-refractivity contribution in [2.24, 2.45) is 0 Å². The van der Waals surface area contributed by atoms with Crippen molar-refractivity contribution >= 4 is 0 Å². The van der Waals surface area contributed by atoms with Crippen molar-refractivity contribution in [2.75, 3.05) is 13.2 Å². The first kappa shape index (κ1) is 11.2. The lowest BCUT2D eigenvalue weighted by Gasteiger charge is -2.06. The smallest absolute Gasteiger partial charge is 0.0717 e. The first-order chi connectivity index (χ1) is 7.95. The molecule has 0 aromatic heterocycles. The van der Waals surface area contributed by atoms with Crippen LogP contribution in [0.1, 0.15) is 24.0 Å². The van der Waals surface area contributed by atoms with E-state index in [1.807, 2.05) is 6.07 Å². The summed E-state index contributed by atoms with van der Waals surface area (Å²) in [6.45, 7) is 2.74. The Morgan fingerprint density at radius 2 is 1.44 bits per heavy atom. The number of hydrogen-bond donors (Lipinski definition) is 0. The average Bonchev–Trinajstić information content (AvgIpc) is 2.32. The van der Waals surface area contributed by atoms with Crippen LogP contribution in [0.3, 0.4) is 0 Å². The van der Waals surface area contributed by atoms with Crippen LogP contribution in [0.15, 0.2) is 24.3 Å². The second-order valence-corrected chi connectivity index (χ2v) is 3.78. The number of fused-ring (bicyclic) bond motifs is 2. The molecule has 1 aliphatic rings. The summed E-state index contributed by atoms with van der Waals surface area (Å²) in [5.41, 5.74) is 2.40. The minimum atomic E-state index is 0.662. The van der Waals surface area contributed by atoms with Gasteiger partial charge in [-0.1, -0.05) is 24.3 Å². The summed E-state index contributed by atoms with van der Waals surface area (Å²) in [7, 11) is 0. The first-order valence-corrected chi connectivity index (χ1v) is 5.64. The Labute approximate surface area is 96.6 Å². The summed E-state index contributed by atoms with van der Waals surface area (Å²) in [6.07, 6.45) is 1.61. The van der Waals surface area contributed by atoms with Gasteiger partial charge in [-0.25, -0.2) is 0 Å². The van der Waals surface area contributed by atoms with Gasteiger partial charge in [-0.05, 0) is 11.1 Å². The lowest BCUT2D eigenvalue weighted by Crippen LogP contribution is -1.97. The molecule has 0 aliphatic carbocycles. The lowest BCUT2D eigenvalue weighted by atomic mass is 10.1. The van der Waals surface area contributed by atoms with Crippen molar-refractivity contribution in [2.45, 2.75) is 26.1 Å². The molecule has 0 amide bonds. The van der Waals surface area contributed by atoms with Crippen molar-refractivity contribution in [1.29, 1.82) is 0 Å². The van der Waals surface area contributed by atoms with Crippen molar-refractivity contribution in [3.05, 3.63) is 35.4 Å². The van der Waals surface area contributed by atoms with Gasteiger partial charge in [0.2, 0.25) is 0 Å². The molecule has 0 saturated carbocycles. The second-order valence-electron chi connectivity index (χ2n) is 3.78. The van der Waals surface area contributed by atoms with Gasteiger partial charge in [0.1, 0.15) is 0 Å². The summed E-state index contributed by atoms with van der Waals surface area (Å²) in [5.74, 6) is 6.15. The summed E-state index contributed by atoms with van der Waals surface area (Å²) in [5, 5.41) is 0. The number of ether oxygens (including phenoxy) is 2. The molecule has 0 unspecified atom stereocenters. The molecular weight excluding hydrogens is 200 g/mol. The Balaban J connectivity index is 2.02. The maximum atomic E-state index is 5.54. The van der Waals surface area contributed by atoms with E-state index in [0.29, 0.717) is 26.4 Å². The topological polar surface area (TPSA) is 18.5 Å². The quantitative estimate of drug-likeness (QED) is 0.620. The summed E-state index contributed by atoms with van der Waals surface area (Å²) < 4.78 is 11.1. The van der Waals surface area contributed by atoms with Gasteiger partial charge in [0, 0.05) is 12.8 Å². The molecule has 1 aromatic rings. The Morgan fingerprint density at radius 3 is 2.00 bits per heavy atom. The third-order valence-corrected chi connectivity index (χ3v) is 2.40. The molecule has 1 aliphatic heterocycles. The van der Waals surface area contributed by atoms with Crippen LogP contribution in [-0.4, -0.2) is 13.2 Å². The highest BCUT2D eigenvalue weighted by molar-refractivity contribution is 5.22. The van der Waals surface area contributed by atoms with E-state index in [1.165, 1.54) is 11.1 Å². The molecule has 2 bridgehead atoms. The van der Waals surface area contributed by atoms with Crippen LogP contribution in [0.25, 0.3) is 0 Å². The molecule has 0 atom stereocenters. The maximum absolute atomic E-state index is 5.54. The van der Waals surface area contributed by atoms with Crippen LogP contribution in [0, 0.1) is 11.8 Å². The van der Waals surface area contributed by atoms with Gasteiger partial charge in [-0.2, -0.15) is 0 Å². The molecule has 2 nitrogen and oxygen atoms in total. The fourth-order valence-corrected chi connectivity index (χ4v) is 1.61. The van der Waals surface area contributed by atoms with E-state index < -0.39 is 0 Å². The molecule has 0 N–H and O–H groups in total. The monoisotopic (exact) mass is 216 g/mol. The predicted molar refractivity (Wildman–Crippen MR) is 62.8 cm³/mol. The highest BCUT2D eigenvalue weighted by Crippen LogP contribution is 2.08. The summed E-state index contributed by atoms with van der Waals surface area (Å²) >= 11 is 0. The largest absolute Gasteiger partial charge is 0.376 e. The molecule has 0 radical (unpaired) electrons. The molecular formula is C14H16O2.